The van der Waals surface area contributed by atoms with E-state index in [2.05, 4.69) is 10.1 Å². The first-order valence-corrected chi connectivity index (χ1v) is 5.68. The molecule has 84 valence electrons. The fraction of sp³-hybridized carbons (Fsp3) is 0.300. The molecular weight excluding hydrogens is 226 g/mol. The maximum absolute atomic E-state index is 10.9. The number of nitrogens with zero attached hydrogens (tertiary/aromatic N) is 3. The Morgan fingerprint density at radius 2 is 2.38 bits per heavy atom. The molecule has 5 nitrogen and oxygen atoms in total. The Hall–Kier alpha value is -1.69. The first-order chi connectivity index (χ1) is 7.63. The SMILES string of the molecule is CCn1nccc1-c1nc(C(=O)O)c(C)s1. The average molecular weight is 237 g/mol. The van der Waals surface area contributed by atoms with Gasteiger partial charge in [0.15, 0.2) is 5.69 Å². The zero-order chi connectivity index (χ0) is 11.7. The predicted molar refractivity (Wildman–Crippen MR) is 60.7 cm³/mol. The van der Waals surface area contributed by atoms with Gasteiger partial charge in [0.05, 0.1) is 5.69 Å². The van der Waals surface area contributed by atoms with Gasteiger partial charge in [-0.2, -0.15) is 5.10 Å². The van der Waals surface area contributed by atoms with Crippen LogP contribution in [0.4, 0.5) is 0 Å². The third kappa shape index (κ3) is 1.71. The monoisotopic (exact) mass is 237 g/mol. The van der Waals surface area contributed by atoms with Crippen molar-refractivity contribution in [3.8, 4) is 10.7 Å². The molecule has 2 heterocycles. The van der Waals surface area contributed by atoms with Crippen molar-refractivity contribution in [2.45, 2.75) is 20.4 Å². The van der Waals surface area contributed by atoms with E-state index in [1.165, 1.54) is 11.3 Å². The lowest BCUT2D eigenvalue weighted by Crippen LogP contribution is -2.00. The summed E-state index contributed by atoms with van der Waals surface area (Å²) >= 11 is 1.38. The van der Waals surface area contributed by atoms with Gasteiger partial charge in [0.2, 0.25) is 0 Å². The molecule has 0 spiro atoms. The second-order valence-electron chi connectivity index (χ2n) is 3.26. The number of carboxylic acid groups (broad SMARTS) is 1. The van der Waals surface area contributed by atoms with Crippen LogP contribution >= 0.6 is 11.3 Å². The van der Waals surface area contributed by atoms with Crippen LogP contribution in [0.5, 0.6) is 0 Å². The second kappa shape index (κ2) is 4.05. The van der Waals surface area contributed by atoms with E-state index in [0.29, 0.717) is 9.88 Å². The van der Waals surface area contributed by atoms with Crippen molar-refractivity contribution in [2.75, 3.05) is 0 Å². The third-order valence-electron chi connectivity index (χ3n) is 2.23. The van der Waals surface area contributed by atoms with Crippen molar-refractivity contribution in [3.05, 3.63) is 22.8 Å². The van der Waals surface area contributed by atoms with E-state index in [1.54, 1.807) is 17.8 Å². The number of aromatic nitrogens is 3. The van der Waals surface area contributed by atoms with Crippen LogP contribution < -0.4 is 0 Å². The van der Waals surface area contributed by atoms with Crippen LogP contribution in [0, 0.1) is 6.92 Å². The highest BCUT2D eigenvalue weighted by atomic mass is 32.1. The molecule has 0 aromatic carbocycles. The number of thiazole rings is 1. The van der Waals surface area contributed by atoms with Gasteiger partial charge in [-0.3, -0.25) is 4.68 Å². The molecule has 0 aliphatic carbocycles. The highest BCUT2D eigenvalue weighted by molar-refractivity contribution is 7.15. The van der Waals surface area contributed by atoms with Gasteiger partial charge >= 0.3 is 5.97 Å². The molecule has 0 unspecified atom stereocenters. The van der Waals surface area contributed by atoms with Crippen molar-refractivity contribution in [1.29, 1.82) is 0 Å². The Bertz CT molecular complexity index is 530. The first-order valence-electron chi connectivity index (χ1n) is 4.86. The van der Waals surface area contributed by atoms with Gasteiger partial charge in [0.1, 0.15) is 5.01 Å². The van der Waals surface area contributed by atoms with Crippen molar-refractivity contribution in [2.24, 2.45) is 0 Å². The minimum Gasteiger partial charge on any atom is -0.476 e. The van der Waals surface area contributed by atoms with Gasteiger partial charge in [-0.25, -0.2) is 9.78 Å². The Morgan fingerprint density at radius 3 is 2.94 bits per heavy atom. The molecule has 0 saturated heterocycles. The molecule has 0 atom stereocenters. The minimum atomic E-state index is -0.984. The summed E-state index contributed by atoms with van der Waals surface area (Å²) in [5.74, 6) is -0.984. The predicted octanol–water partition coefficient (Wildman–Crippen LogP) is 2.03. The summed E-state index contributed by atoms with van der Waals surface area (Å²) in [4.78, 5) is 15.7. The molecule has 0 saturated carbocycles. The lowest BCUT2D eigenvalue weighted by Gasteiger charge is -1.99. The van der Waals surface area contributed by atoms with Crippen LogP contribution in [0.25, 0.3) is 10.7 Å². The molecule has 0 fully saturated rings. The van der Waals surface area contributed by atoms with E-state index in [1.807, 2.05) is 13.0 Å². The topological polar surface area (TPSA) is 68.0 Å². The summed E-state index contributed by atoms with van der Waals surface area (Å²) in [5, 5.41) is 13.8. The molecule has 0 amide bonds. The van der Waals surface area contributed by atoms with Gasteiger partial charge in [0, 0.05) is 17.6 Å². The van der Waals surface area contributed by atoms with Crippen molar-refractivity contribution in [3.63, 3.8) is 0 Å². The molecule has 2 rings (SSSR count). The van der Waals surface area contributed by atoms with Crippen LogP contribution in [0.3, 0.4) is 0 Å². The molecule has 16 heavy (non-hydrogen) atoms. The van der Waals surface area contributed by atoms with Crippen LogP contribution in [-0.4, -0.2) is 25.8 Å². The fourth-order valence-corrected chi connectivity index (χ4v) is 2.41. The highest BCUT2D eigenvalue weighted by Gasteiger charge is 2.16. The van der Waals surface area contributed by atoms with E-state index >= 15 is 0 Å². The van der Waals surface area contributed by atoms with Gasteiger partial charge in [0.25, 0.3) is 0 Å². The summed E-state index contributed by atoms with van der Waals surface area (Å²) in [6.45, 7) is 4.48. The van der Waals surface area contributed by atoms with Crippen LogP contribution in [0.15, 0.2) is 12.3 Å². The Kier molecular flexibility index (Phi) is 2.74. The second-order valence-corrected chi connectivity index (χ2v) is 4.46. The van der Waals surface area contributed by atoms with Gasteiger partial charge in [-0.1, -0.05) is 0 Å². The fourth-order valence-electron chi connectivity index (χ4n) is 1.47. The number of rotatable bonds is 3. The Labute approximate surface area is 96.4 Å². The molecule has 0 bridgehead atoms. The van der Waals surface area contributed by atoms with Crippen molar-refractivity contribution >= 4 is 17.3 Å². The van der Waals surface area contributed by atoms with Gasteiger partial charge < -0.3 is 5.11 Å². The van der Waals surface area contributed by atoms with Crippen LogP contribution in [0.1, 0.15) is 22.3 Å². The zero-order valence-corrected chi connectivity index (χ0v) is 9.78. The molecule has 1 N–H and O–H groups in total. The minimum absolute atomic E-state index is 0.129. The van der Waals surface area contributed by atoms with Gasteiger partial charge in [-0.15, -0.1) is 11.3 Å². The molecule has 0 aliphatic rings. The highest BCUT2D eigenvalue weighted by Crippen LogP contribution is 2.27. The first kappa shape index (κ1) is 10.8. The largest absolute Gasteiger partial charge is 0.476 e. The zero-order valence-electron chi connectivity index (χ0n) is 8.97. The molecule has 6 heteroatoms. The Morgan fingerprint density at radius 1 is 1.62 bits per heavy atom. The maximum Gasteiger partial charge on any atom is 0.355 e. The lowest BCUT2D eigenvalue weighted by atomic mass is 10.4. The molecule has 0 radical (unpaired) electrons. The molecule has 2 aromatic heterocycles. The number of aryl methyl sites for hydroxylation is 2. The standard InChI is InChI=1S/C10H11N3O2S/c1-3-13-7(4-5-11-13)9-12-8(10(14)15)6(2)16-9/h4-5H,3H2,1-2H3,(H,14,15). The van der Waals surface area contributed by atoms with Crippen LogP contribution in [0.2, 0.25) is 0 Å². The van der Waals surface area contributed by atoms with Gasteiger partial charge in [-0.05, 0) is 19.9 Å². The average Bonchev–Trinajstić information content (AvgIpc) is 2.82. The number of carbonyl (C=O) groups is 1. The number of hydrogen-bond acceptors (Lipinski definition) is 4. The molecule has 2 aromatic rings. The van der Waals surface area contributed by atoms with E-state index in [-0.39, 0.29) is 5.69 Å². The summed E-state index contributed by atoms with van der Waals surface area (Å²) < 4.78 is 1.80. The van der Waals surface area contributed by atoms with Crippen molar-refractivity contribution < 1.29 is 9.90 Å². The molecular formula is C10H11N3O2S. The van der Waals surface area contributed by atoms with E-state index in [4.69, 9.17) is 5.11 Å². The summed E-state index contributed by atoms with van der Waals surface area (Å²) in [6, 6.07) is 1.84. The van der Waals surface area contributed by atoms with E-state index < -0.39 is 5.97 Å². The van der Waals surface area contributed by atoms with Crippen LogP contribution in [-0.2, 0) is 6.54 Å². The quantitative estimate of drug-likeness (QED) is 0.886. The lowest BCUT2D eigenvalue weighted by molar-refractivity contribution is 0.0690. The number of carboxylic acids is 1. The third-order valence-corrected chi connectivity index (χ3v) is 3.23. The van der Waals surface area contributed by atoms with Crippen molar-refractivity contribution in [1.82, 2.24) is 14.8 Å². The summed E-state index contributed by atoms with van der Waals surface area (Å²) in [7, 11) is 0. The number of aromatic carboxylic acids is 1. The number of hydrogen-bond donors (Lipinski definition) is 1. The molecule has 0 aliphatic heterocycles. The van der Waals surface area contributed by atoms with E-state index in [0.717, 1.165) is 12.2 Å². The summed E-state index contributed by atoms with van der Waals surface area (Å²) in [5.41, 5.74) is 0.993. The van der Waals surface area contributed by atoms with E-state index in [9.17, 15) is 4.79 Å². The maximum atomic E-state index is 10.9. The Balaban J connectivity index is 2.49. The summed E-state index contributed by atoms with van der Waals surface area (Å²) in [6.07, 6.45) is 1.69. The smallest absolute Gasteiger partial charge is 0.355 e. The normalized spacial score (nSPS) is 10.6.